The molecule has 5 rings (SSSR count). The normalized spacial score (nSPS) is 13.5. The molecule has 1 aromatic carbocycles. The highest BCUT2D eigenvalue weighted by molar-refractivity contribution is 5.90. The molecule has 6 heteroatoms. The van der Waals surface area contributed by atoms with E-state index in [1.807, 2.05) is 20.0 Å². The van der Waals surface area contributed by atoms with E-state index in [1.165, 1.54) is 17.2 Å². The van der Waals surface area contributed by atoms with Gasteiger partial charge < -0.3 is 4.90 Å². The second-order valence-corrected chi connectivity index (χ2v) is 7.94. The lowest BCUT2D eigenvalue weighted by Crippen LogP contribution is -2.32. The Morgan fingerprint density at radius 1 is 0.967 bits per heavy atom. The fourth-order valence-corrected chi connectivity index (χ4v) is 4.16. The number of nitrogens with zero attached hydrogens (tertiary/aromatic N) is 5. The summed E-state index contributed by atoms with van der Waals surface area (Å²) < 4.78 is 13.4. The number of hydrogen-bond acceptors (Lipinski definition) is 5. The average Bonchev–Trinajstić information content (AvgIpc) is 2.73. The van der Waals surface area contributed by atoms with Gasteiger partial charge in [0.1, 0.15) is 11.6 Å². The average molecular weight is 399 g/mol. The molecule has 0 atom stereocenters. The molecule has 0 amide bonds. The second kappa shape index (κ2) is 7.13. The molecule has 30 heavy (non-hydrogen) atoms. The van der Waals surface area contributed by atoms with Gasteiger partial charge in [0.2, 0.25) is 5.95 Å². The van der Waals surface area contributed by atoms with Gasteiger partial charge in [-0.1, -0.05) is 11.6 Å². The first-order valence-electron chi connectivity index (χ1n) is 10.1. The van der Waals surface area contributed by atoms with Gasteiger partial charge in [-0.05, 0) is 56.2 Å². The zero-order chi connectivity index (χ0) is 20.8. The Bertz CT molecular complexity index is 1280. The van der Waals surface area contributed by atoms with Crippen LogP contribution in [0.3, 0.4) is 0 Å². The van der Waals surface area contributed by atoms with Crippen LogP contribution in [0, 0.1) is 26.7 Å². The first-order chi connectivity index (χ1) is 14.5. The maximum Gasteiger partial charge on any atom is 0.213 e. The van der Waals surface area contributed by atoms with Crippen LogP contribution in [0.25, 0.3) is 22.0 Å². The summed E-state index contributed by atoms with van der Waals surface area (Å²) in [6, 6.07) is 9.91. The zero-order valence-corrected chi connectivity index (χ0v) is 17.3. The third kappa shape index (κ3) is 3.28. The molecule has 4 aromatic rings. The van der Waals surface area contributed by atoms with Crippen LogP contribution in [0.5, 0.6) is 0 Å². The van der Waals surface area contributed by atoms with E-state index in [2.05, 4.69) is 46.1 Å². The molecule has 3 aromatic heterocycles. The molecule has 5 nitrogen and oxygen atoms in total. The van der Waals surface area contributed by atoms with Gasteiger partial charge in [-0.2, -0.15) is 4.39 Å². The monoisotopic (exact) mass is 399 g/mol. The molecule has 1 aliphatic heterocycles. The number of hydrogen-bond donors (Lipinski definition) is 0. The number of pyridine rings is 2. The van der Waals surface area contributed by atoms with E-state index in [0.29, 0.717) is 0 Å². The molecule has 1 aliphatic rings. The topological polar surface area (TPSA) is 54.8 Å². The smallest absolute Gasteiger partial charge is 0.213 e. The maximum atomic E-state index is 13.4. The lowest BCUT2D eigenvalue weighted by Gasteiger charge is -2.30. The van der Waals surface area contributed by atoms with Crippen molar-refractivity contribution in [2.24, 2.45) is 0 Å². The number of aromatic nitrogens is 4. The van der Waals surface area contributed by atoms with Crippen LogP contribution >= 0.6 is 0 Å². The molecule has 0 unspecified atom stereocenters. The van der Waals surface area contributed by atoms with Crippen LogP contribution in [0.2, 0.25) is 0 Å². The molecule has 0 radical (unpaired) electrons. The van der Waals surface area contributed by atoms with E-state index in [1.54, 1.807) is 6.20 Å². The van der Waals surface area contributed by atoms with E-state index in [-0.39, 0.29) is 0 Å². The third-order valence-electron chi connectivity index (χ3n) is 5.67. The van der Waals surface area contributed by atoms with Crippen molar-refractivity contribution in [2.45, 2.75) is 33.7 Å². The molecule has 0 N–H and O–H groups in total. The second-order valence-electron chi connectivity index (χ2n) is 7.94. The highest BCUT2D eigenvalue weighted by atomic mass is 19.1. The number of fused-ring (bicyclic) bond motifs is 2. The summed E-state index contributed by atoms with van der Waals surface area (Å²) in [5, 5.41) is 1.08. The summed E-state index contributed by atoms with van der Waals surface area (Å²) in [6.45, 7) is 7.50. The third-order valence-corrected chi connectivity index (χ3v) is 5.67. The maximum absolute atomic E-state index is 13.4. The van der Waals surface area contributed by atoms with Crippen LogP contribution in [0.15, 0.2) is 42.7 Å². The summed E-state index contributed by atoms with van der Waals surface area (Å²) in [5.41, 5.74) is 7.15. The van der Waals surface area contributed by atoms with Crippen molar-refractivity contribution in [1.29, 1.82) is 0 Å². The van der Waals surface area contributed by atoms with E-state index in [0.717, 1.165) is 64.4 Å². The predicted molar refractivity (Wildman–Crippen MR) is 116 cm³/mol. The van der Waals surface area contributed by atoms with Crippen molar-refractivity contribution < 1.29 is 4.39 Å². The first-order valence-corrected chi connectivity index (χ1v) is 10.1. The minimum absolute atomic E-state index is 0.463. The molecule has 0 saturated heterocycles. The molecule has 150 valence electrons. The molecule has 0 saturated carbocycles. The zero-order valence-electron chi connectivity index (χ0n) is 17.3. The van der Waals surface area contributed by atoms with Crippen molar-refractivity contribution in [3.05, 3.63) is 76.9 Å². The summed E-state index contributed by atoms with van der Waals surface area (Å²) >= 11 is 0. The minimum Gasteiger partial charge on any atom is -0.351 e. The Kier molecular flexibility index (Phi) is 4.42. The van der Waals surface area contributed by atoms with Crippen LogP contribution in [0.4, 0.5) is 10.2 Å². The van der Waals surface area contributed by atoms with Gasteiger partial charge in [0.05, 0.1) is 5.52 Å². The van der Waals surface area contributed by atoms with Gasteiger partial charge in [0, 0.05) is 54.1 Å². The molecule has 0 bridgehead atoms. The Morgan fingerprint density at radius 2 is 1.83 bits per heavy atom. The number of halogens is 1. The molecule has 0 fully saturated rings. The van der Waals surface area contributed by atoms with Crippen molar-refractivity contribution in [3.8, 4) is 11.1 Å². The lowest BCUT2D eigenvalue weighted by molar-refractivity contribution is 0.583. The SMILES string of the molecule is Cc1ccc2nc(C)nc(N3CCc4ncc(-c5cnc(F)cc5C)cc4C3)c2c1. The van der Waals surface area contributed by atoms with Crippen molar-refractivity contribution in [3.63, 3.8) is 0 Å². The molecule has 4 heterocycles. The van der Waals surface area contributed by atoms with Gasteiger partial charge in [0.15, 0.2) is 0 Å². The highest BCUT2D eigenvalue weighted by Gasteiger charge is 2.22. The number of anilines is 1. The van der Waals surface area contributed by atoms with Crippen molar-refractivity contribution in [1.82, 2.24) is 19.9 Å². The van der Waals surface area contributed by atoms with E-state index in [4.69, 9.17) is 9.97 Å². The fraction of sp³-hybridized carbons (Fsp3) is 0.250. The standard InChI is InChI=1S/C24H22FN5/c1-14-4-5-22-19(8-14)24(29-16(3)28-22)30-7-6-21-18(13-30)10-17(11-26-21)20-12-27-23(25)9-15(20)2/h4-5,8-12H,6-7,13H2,1-3H3. The summed E-state index contributed by atoms with van der Waals surface area (Å²) in [6.07, 6.45) is 4.30. The first kappa shape index (κ1) is 18.6. The Morgan fingerprint density at radius 3 is 2.67 bits per heavy atom. The van der Waals surface area contributed by atoms with Gasteiger partial charge in [-0.25, -0.2) is 15.0 Å². The van der Waals surface area contributed by atoms with Gasteiger partial charge >= 0.3 is 0 Å². The van der Waals surface area contributed by atoms with E-state index < -0.39 is 5.95 Å². The minimum atomic E-state index is -0.463. The lowest BCUT2D eigenvalue weighted by atomic mass is 9.98. The number of rotatable bonds is 2. The van der Waals surface area contributed by atoms with Gasteiger partial charge in [-0.3, -0.25) is 4.98 Å². The Labute approximate surface area is 174 Å². The number of benzene rings is 1. The van der Waals surface area contributed by atoms with Crippen LogP contribution in [-0.4, -0.2) is 26.5 Å². The summed E-state index contributed by atoms with van der Waals surface area (Å²) in [4.78, 5) is 20.2. The predicted octanol–water partition coefficient (Wildman–Crippen LogP) is 4.71. The van der Waals surface area contributed by atoms with Crippen LogP contribution < -0.4 is 4.90 Å². The Hall–Kier alpha value is -3.41. The van der Waals surface area contributed by atoms with Crippen molar-refractivity contribution >= 4 is 16.7 Å². The molecular weight excluding hydrogens is 377 g/mol. The van der Waals surface area contributed by atoms with Crippen LogP contribution in [-0.2, 0) is 13.0 Å². The largest absolute Gasteiger partial charge is 0.351 e. The number of aryl methyl sites for hydroxylation is 3. The van der Waals surface area contributed by atoms with Crippen LogP contribution in [0.1, 0.15) is 28.2 Å². The van der Waals surface area contributed by atoms with Gasteiger partial charge in [-0.15, -0.1) is 0 Å². The highest BCUT2D eigenvalue weighted by Crippen LogP contribution is 2.31. The van der Waals surface area contributed by atoms with E-state index in [9.17, 15) is 4.39 Å². The molecule has 0 aliphatic carbocycles. The van der Waals surface area contributed by atoms with Gasteiger partial charge in [0.25, 0.3) is 0 Å². The summed E-state index contributed by atoms with van der Waals surface area (Å²) in [5.74, 6) is 1.28. The summed E-state index contributed by atoms with van der Waals surface area (Å²) in [7, 11) is 0. The van der Waals surface area contributed by atoms with Crippen molar-refractivity contribution in [2.75, 3.05) is 11.4 Å². The quantitative estimate of drug-likeness (QED) is 0.457. The molecular formula is C24H22FN5. The van der Waals surface area contributed by atoms with E-state index >= 15 is 0 Å². The fourth-order valence-electron chi connectivity index (χ4n) is 4.16. The molecule has 0 spiro atoms. The Balaban J connectivity index is 1.55.